The minimum absolute atomic E-state index is 0. The molecule has 0 aromatic carbocycles. The van der Waals surface area contributed by atoms with Crippen molar-refractivity contribution in [2.24, 2.45) is 0 Å². The fourth-order valence-electron chi connectivity index (χ4n) is 4.98. The molecule has 0 saturated carbocycles. The van der Waals surface area contributed by atoms with E-state index in [9.17, 15) is 9.18 Å². The normalized spacial score (nSPS) is 21.3. The average molecular weight is 506 g/mol. The summed E-state index contributed by atoms with van der Waals surface area (Å²) in [4.78, 5) is 24.4. The number of hydrogen-bond donors (Lipinski definition) is 1. The summed E-state index contributed by atoms with van der Waals surface area (Å²) in [5.41, 5.74) is 2.80. The number of ether oxygens (including phenoxy) is 2. The molecule has 1 N–H and O–H groups in total. The molecule has 180 valence electrons. The molecule has 0 radical (unpaired) electrons. The third-order valence-electron chi connectivity index (χ3n) is 6.50. The first kappa shape index (κ1) is 23.5. The Balaban J connectivity index is 0.00000241. The lowest BCUT2D eigenvalue weighted by Crippen LogP contribution is -2.47. The predicted molar refractivity (Wildman–Crippen MR) is 129 cm³/mol. The third kappa shape index (κ3) is 4.40. The van der Waals surface area contributed by atoms with Gasteiger partial charge in [0.25, 0.3) is 5.56 Å². The Morgan fingerprint density at radius 1 is 1.24 bits per heavy atom. The van der Waals surface area contributed by atoms with Gasteiger partial charge in [0.15, 0.2) is 5.75 Å². The van der Waals surface area contributed by atoms with Gasteiger partial charge >= 0.3 is 0 Å². The van der Waals surface area contributed by atoms with Gasteiger partial charge < -0.3 is 19.4 Å². The highest BCUT2D eigenvalue weighted by Crippen LogP contribution is 2.36. The molecule has 6 rings (SSSR count). The molecule has 3 aliphatic rings. The minimum atomic E-state index is -0.332. The van der Waals surface area contributed by atoms with Gasteiger partial charge in [-0.1, -0.05) is 11.8 Å². The number of thioether (sulfide) groups is 1. The van der Waals surface area contributed by atoms with Crippen LogP contribution in [0.25, 0.3) is 11.0 Å². The number of fused-ring (bicyclic) bond motifs is 1. The molecule has 3 aliphatic heterocycles. The minimum Gasteiger partial charge on any atom is -0.480 e. The molecule has 8 nitrogen and oxygen atoms in total. The van der Waals surface area contributed by atoms with Crippen LogP contribution < -0.4 is 15.6 Å². The summed E-state index contributed by atoms with van der Waals surface area (Å²) in [5.74, 6) is 1.10. The maximum absolute atomic E-state index is 14.7. The van der Waals surface area contributed by atoms with Crippen LogP contribution in [0, 0.1) is 5.82 Å². The summed E-state index contributed by atoms with van der Waals surface area (Å²) in [6.45, 7) is 4.71. The molecule has 34 heavy (non-hydrogen) atoms. The van der Waals surface area contributed by atoms with E-state index in [0.29, 0.717) is 55.3 Å². The van der Waals surface area contributed by atoms with Crippen molar-refractivity contribution in [1.29, 1.82) is 0 Å². The van der Waals surface area contributed by atoms with Gasteiger partial charge in [0, 0.05) is 56.8 Å². The number of nitrogens with one attached hydrogen (secondary N) is 1. The highest BCUT2D eigenvalue weighted by Gasteiger charge is 2.32. The number of halogens is 2. The second kappa shape index (κ2) is 9.79. The molecule has 6 heterocycles. The molecule has 0 bridgehead atoms. The van der Waals surface area contributed by atoms with Crippen molar-refractivity contribution in [3.63, 3.8) is 0 Å². The Morgan fingerprint density at radius 2 is 2.15 bits per heavy atom. The van der Waals surface area contributed by atoms with Gasteiger partial charge in [0.1, 0.15) is 11.8 Å². The van der Waals surface area contributed by atoms with Crippen LogP contribution in [0.3, 0.4) is 0 Å². The second-order valence-electron chi connectivity index (χ2n) is 8.64. The zero-order valence-corrected chi connectivity index (χ0v) is 20.0. The molecule has 0 spiro atoms. The van der Waals surface area contributed by atoms with Crippen molar-refractivity contribution in [2.45, 2.75) is 30.0 Å². The molecule has 2 atom stereocenters. The van der Waals surface area contributed by atoms with Gasteiger partial charge in [-0.25, -0.2) is 4.39 Å². The van der Waals surface area contributed by atoms with Crippen molar-refractivity contribution in [2.75, 3.05) is 38.7 Å². The summed E-state index contributed by atoms with van der Waals surface area (Å²) in [7, 11) is 0. The van der Waals surface area contributed by atoms with E-state index >= 15 is 0 Å². The van der Waals surface area contributed by atoms with Crippen LogP contribution in [0.2, 0.25) is 0 Å². The highest BCUT2D eigenvalue weighted by molar-refractivity contribution is 7.99. The van der Waals surface area contributed by atoms with Crippen molar-refractivity contribution in [3.05, 3.63) is 58.0 Å². The average Bonchev–Trinajstić information content (AvgIpc) is 3.44. The largest absolute Gasteiger partial charge is 0.480 e. The molecule has 3 aromatic heterocycles. The Bertz CT molecular complexity index is 1280. The van der Waals surface area contributed by atoms with E-state index in [0.717, 1.165) is 29.4 Å². The topological polar surface area (TPSA) is 81.5 Å². The van der Waals surface area contributed by atoms with Crippen molar-refractivity contribution in [3.8, 4) is 5.75 Å². The van der Waals surface area contributed by atoms with Gasteiger partial charge in [-0.2, -0.15) is 0 Å². The highest BCUT2D eigenvalue weighted by atomic mass is 35.5. The smallest absolute Gasteiger partial charge is 0.251 e. The number of hydrogen-bond acceptors (Lipinski definition) is 8. The molecule has 0 aliphatic carbocycles. The molecule has 3 aromatic rings. The van der Waals surface area contributed by atoms with Crippen LogP contribution in [-0.2, 0) is 17.8 Å². The summed E-state index contributed by atoms with van der Waals surface area (Å²) in [6, 6.07) is 5.26. The van der Waals surface area contributed by atoms with Crippen molar-refractivity contribution >= 4 is 35.2 Å². The van der Waals surface area contributed by atoms with Gasteiger partial charge in [0.2, 0.25) is 0 Å². The predicted octanol–water partition coefficient (Wildman–Crippen LogP) is 2.38. The van der Waals surface area contributed by atoms with Crippen molar-refractivity contribution in [1.82, 2.24) is 24.8 Å². The summed E-state index contributed by atoms with van der Waals surface area (Å²) < 4.78 is 27.8. The molecule has 1 unspecified atom stereocenters. The lowest BCUT2D eigenvalue weighted by Gasteiger charge is -2.34. The van der Waals surface area contributed by atoms with E-state index in [1.165, 1.54) is 12.3 Å². The van der Waals surface area contributed by atoms with Gasteiger partial charge in [0.05, 0.1) is 46.7 Å². The first-order valence-corrected chi connectivity index (χ1v) is 12.1. The molecular weight excluding hydrogens is 481 g/mol. The third-order valence-corrected chi connectivity index (χ3v) is 7.37. The van der Waals surface area contributed by atoms with E-state index in [2.05, 4.69) is 26.3 Å². The lowest BCUT2D eigenvalue weighted by atomic mass is 10.00. The lowest BCUT2D eigenvalue weighted by molar-refractivity contribution is -0.0292. The van der Waals surface area contributed by atoms with E-state index in [-0.39, 0.29) is 35.8 Å². The Morgan fingerprint density at radius 3 is 3.06 bits per heavy atom. The number of aromatic nitrogens is 3. The number of pyridine rings is 3. The van der Waals surface area contributed by atoms with Crippen LogP contribution in [0.1, 0.15) is 17.2 Å². The number of rotatable bonds is 6. The van der Waals surface area contributed by atoms with Crippen LogP contribution in [-0.4, -0.2) is 64.3 Å². The molecule has 0 amide bonds. The monoisotopic (exact) mass is 505 g/mol. The van der Waals surface area contributed by atoms with Crippen LogP contribution in [0.5, 0.6) is 5.75 Å². The maximum Gasteiger partial charge on any atom is 0.251 e. The standard InChI is InChI=1S/C23H24FN5O3S.ClH/c24-17-8-27-18-1-2-21(30)29-11-14(22(17)23(18)29)10-28-3-4-31-16(12-28)7-25-6-15-5-20-19(9-26-15)32-13-33-20;/h1-2,5,8-9,14,16,25H,3-4,6-7,10-13H2;1H/t14?,16-;/m0./s1. The molecular formula is C23H25ClFN5O3S. The zero-order chi connectivity index (χ0) is 22.4. The SMILES string of the molecule is Cl.O=c1ccc2ncc(F)c3c2n1CC3CN1CCO[C@@H](CNCc2cc3c(cn2)OCS3)C1. The molecule has 1 saturated heterocycles. The zero-order valence-electron chi connectivity index (χ0n) is 18.4. The Hall–Kier alpha value is -2.24. The quantitative estimate of drug-likeness (QED) is 0.547. The summed E-state index contributed by atoms with van der Waals surface area (Å²) >= 11 is 1.68. The van der Waals surface area contributed by atoms with Crippen LogP contribution in [0.15, 0.2) is 40.3 Å². The number of morpholine rings is 1. The van der Waals surface area contributed by atoms with Crippen LogP contribution in [0.4, 0.5) is 4.39 Å². The van der Waals surface area contributed by atoms with E-state index in [1.54, 1.807) is 28.6 Å². The van der Waals surface area contributed by atoms with Crippen molar-refractivity contribution < 1.29 is 13.9 Å². The van der Waals surface area contributed by atoms with Gasteiger partial charge in [-0.3, -0.25) is 19.7 Å². The van der Waals surface area contributed by atoms with E-state index < -0.39 is 0 Å². The Kier molecular flexibility index (Phi) is 6.76. The molecule has 1 fully saturated rings. The first-order valence-electron chi connectivity index (χ1n) is 11.1. The fourth-order valence-corrected chi connectivity index (χ4v) is 5.76. The maximum atomic E-state index is 14.7. The Labute approximate surface area is 206 Å². The van der Waals surface area contributed by atoms with E-state index in [4.69, 9.17) is 9.47 Å². The van der Waals surface area contributed by atoms with Gasteiger partial charge in [-0.15, -0.1) is 12.4 Å². The summed E-state index contributed by atoms with van der Waals surface area (Å²) in [5, 5.41) is 3.45. The second-order valence-corrected chi connectivity index (χ2v) is 9.61. The van der Waals surface area contributed by atoms with E-state index in [1.807, 2.05) is 0 Å². The number of nitrogens with zero attached hydrogens (tertiary/aromatic N) is 4. The van der Waals surface area contributed by atoms with Crippen LogP contribution >= 0.6 is 24.2 Å². The molecule has 11 heteroatoms. The first-order chi connectivity index (χ1) is 16.2. The fraction of sp³-hybridized carbons (Fsp3) is 0.435. The van der Waals surface area contributed by atoms with Gasteiger partial charge in [-0.05, 0) is 12.1 Å². The summed E-state index contributed by atoms with van der Waals surface area (Å²) in [6.07, 6.45) is 3.10.